The van der Waals surface area contributed by atoms with Crippen LogP contribution in [0.1, 0.15) is 11.3 Å². The number of para-hydroxylation sites is 2. The molecular formula is C42H33N3P+. The zero-order valence-electron chi connectivity index (χ0n) is 25.9. The molecule has 8 aromatic rings. The van der Waals surface area contributed by atoms with E-state index in [-0.39, 0.29) is 0 Å². The summed E-state index contributed by atoms with van der Waals surface area (Å²) in [5, 5.41) is 9.16. The van der Waals surface area contributed by atoms with E-state index in [1.807, 2.05) is 0 Å². The van der Waals surface area contributed by atoms with Crippen LogP contribution in [-0.2, 0) is 0 Å². The first-order chi connectivity index (χ1) is 22.6. The van der Waals surface area contributed by atoms with Gasteiger partial charge in [0.2, 0.25) is 0 Å². The Balaban J connectivity index is 1.24. The SMILES string of the molecule is CN1CC(c2ccc3ccc([P+](C)(c4ccccc4)c4ccccc4)cc3c2)=Cc2c1c1ccccc1c1nc3ccccc3n21. The largest absolute Gasteiger partial charge is 0.368 e. The topological polar surface area (TPSA) is 20.5 Å². The van der Waals surface area contributed by atoms with Crippen molar-refractivity contribution in [2.45, 2.75) is 0 Å². The van der Waals surface area contributed by atoms with Crippen LogP contribution in [0.25, 0.3) is 49.9 Å². The molecule has 0 bridgehead atoms. The molecule has 2 aromatic heterocycles. The lowest BCUT2D eigenvalue weighted by Gasteiger charge is -2.30. The van der Waals surface area contributed by atoms with Gasteiger partial charge in [-0.3, -0.25) is 4.40 Å². The summed E-state index contributed by atoms with van der Waals surface area (Å²) in [6, 6.07) is 53.3. The third-order valence-corrected chi connectivity index (χ3v) is 13.8. The Hall–Kier alpha value is -5.24. The molecule has 1 aliphatic heterocycles. The van der Waals surface area contributed by atoms with E-state index in [1.165, 1.54) is 60.0 Å². The molecule has 0 aliphatic carbocycles. The summed E-state index contributed by atoms with van der Waals surface area (Å²) in [6.45, 7) is 3.29. The average Bonchev–Trinajstić information content (AvgIpc) is 3.52. The zero-order chi connectivity index (χ0) is 30.8. The number of rotatable bonds is 4. The Morgan fingerprint density at radius 2 is 1.26 bits per heavy atom. The van der Waals surface area contributed by atoms with E-state index in [9.17, 15) is 0 Å². The second kappa shape index (κ2) is 10.4. The highest BCUT2D eigenvalue weighted by Crippen LogP contribution is 2.52. The summed E-state index contributed by atoms with van der Waals surface area (Å²) < 4.78 is 2.36. The van der Waals surface area contributed by atoms with Crippen molar-refractivity contribution in [3.63, 3.8) is 0 Å². The van der Waals surface area contributed by atoms with Crippen molar-refractivity contribution in [3.8, 4) is 0 Å². The number of likely N-dealkylation sites (N-methyl/N-ethyl adjacent to an activating group) is 1. The smallest absolute Gasteiger partial charge is 0.146 e. The predicted octanol–water partition coefficient (Wildman–Crippen LogP) is 8.71. The minimum absolute atomic E-state index is 0.832. The lowest BCUT2D eigenvalue weighted by atomic mass is 9.95. The van der Waals surface area contributed by atoms with Gasteiger partial charge >= 0.3 is 0 Å². The van der Waals surface area contributed by atoms with Crippen molar-refractivity contribution in [2.75, 3.05) is 25.2 Å². The maximum Gasteiger partial charge on any atom is 0.146 e. The highest BCUT2D eigenvalue weighted by atomic mass is 31.2. The van der Waals surface area contributed by atoms with E-state index < -0.39 is 7.26 Å². The van der Waals surface area contributed by atoms with Gasteiger partial charge in [-0.15, -0.1) is 0 Å². The van der Waals surface area contributed by atoms with E-state index in [4.69, 9.17) is 4.98 Å². The number of benzene rings is 6. The molecule has 0 N–H and O–H groups in total. The summed E-state index contributed by atoms with van der Waals surface area (Å²) in [4.78, 5) is 7.53. The van der Waals surface area contributed by atoms with Crippen molar-refractivity contribution in [3.05, 3.63) is 157 Å². The van der Waals surface area contributed by atoms with Crippen molar-refractivity contribution >= 4 is 78.7 Å². The molecule has 0 unspecified atom stereocenters. The molecule has 0 fully saturated rings. The van der Waals surface area contributed by atoms with Crippen molar-refractivity contribution in [1.29, 1.82) is 0 Å². The third-order valence-electron chi connectivity index (χ3n) is 9.82. The van der Waals surface area contributed by atoms with Gasteiger partial charge < -0.3 is 4.90 Å². The van der Waals surface area contributed by atoms with Crippen LogP contribution in [0.3, 0.4) is 0 Å². The molecule has 0 saturated heterocycles. The molecule has 0 atom stereocenters. The summed E-state index contributed by atoms with van der Waals surface area (Å²) in [6.07, 6.45) is 2.40. The summed E-state index contributed by atoms with van der Waals surface area (Å²) in [7, 11) is 0.388. The molecule has 6 aromatic carbocycles. The third kappa shape index (κ3) is 4.05. The molecule has 3 nitrogen and oxygen atoms in total. The normalized spacial score (nSPS) is 13.4. The summed E-state index contributed by atoms with van der Waals surface area (Å²) >= 11 is 0. The molecule has 220 valence electrons. The number of hydrogen-bond acceptors (Lipinski definition) is 2. The Bertz CT molecular complexity index is 2440. The second-order valence-electron chi connectivity index (χ2n) is 12.5. The van der Waals surface area contributed by atoms with E-state index in [0.717, 1.165) is 23.2 Å². The first kappa shape index (κ1) is 27.1. The highest BCUT2D eigenvalue weighted by molar-refractivity contribution is 7.95. The maximum atomic E-state index is 5.12. The van der Waals surface area contributed by atoms with Crippen LogP contribution < -0.4 is 20.8 Å². The van der Waals surface area contributed by atoms with E-state index in [1.54, 1.807) is 0 Å². The quantitative estimate of drug-likeness (QED) is 0.186. The Kier molecular flexibility index (Phi) is 6.13. The number of aromatic nitrogens is 2. The van der Waals surface area contributed by atoms with Crippen LogP contribution in [0.5, 0.6) is 0 Å². The number of nitrogens with zero attached hydrogens (tertiary/aromatic N) is 3. The van der Waals surface area contributed by atoms with Gasteiger partial charge in [0.15, 0.2) is 0 Å². The summed E-state index contributed by atoms with van der Waals surface area (Å²) in [5.41, 5.74) is 8.17. The van der Waals surface area contributed by atoms with Crippen LogP contribution in [0.15, 0.2) is 146 Å². The standard InChI is InChI=1S/C42H33N3P/c1-44-28-32(27-40-41(44)36-17-9-10-18-37(36)42-43-38-19-11-12-20-39(38)45(40)42)30-22-21-29-23-24-35(26-31(29)25-30)46(2,33-13-5-3-6-14-33)34-15-7-4-8-16-34/h3-27H,28H2,1-2H3/q+1. The molecule has 0 saturated carbocycles. The second-order valence-corrected chi connectivity index (χ2v) is 16.0. The van der Waals surface area contributed by atoms with Gasteiger partial charge in [0.25, 0.3) is 0 Å². The molecule has 9 rings (SSSR count). The Morgan fingerprint density at radius 1 is 0.609 bits per heavy atom. The van der Waals surface area contributed by atoms with E-state index in [2.05, 4.69) is 175 Å². The fraction of sp³-hybridized carbons (Fsp3) is 0.0714. The predicted molar refractivity (Wildman–Crippen MR) is 200 cm³/mol. The number of anilines is 1. The van der Waals surface area contributed by atoms with Crippen molar-refractivity contribution in [1.82, 2.24) is 9.38 Å². The first-order valence-corrected chi connectivity index (χ1v) is 18.1. The number of pyridine rings is 1. The van der Waals surface area contributed by atoms with E-state index >= 15 is 0 Å². The van der Waals surface area contributed by atoms with Gasteiger partial charge in [0.1, 0.15) is 28.8 Å². The number of hydrogen-bond donors (Lipinski definition) is 0. The van der Waals surface area contributed by atoms with Crippen LogP contribution in [-0.4, -0.2) is 29.6 Å². The van der Waals surface area contributed by atoms with Gasteiger partial charge in [-0.1, -0.05) is 91.0 Å². The molecule has 46 heavy (non-hydrogen) atoms. The van der Waals surface area contributed by atoms with Gasteiger partial charge in [-0.25, -0.2) is 4.98 Å². The van der Waals surface area contributed by atoms with E-state index in [0.29, 0.717) is 0 Å². The monoisotopic (exact) mass is 610 g/mol. The molecule has 1 aliphatic rings. The van der Waals surface area contributed by atoms with Crippen LogP contribution in [0, 0.1) is 0 Å². The fourth-order valence-electron chi connectivity index (χ4n) is 7.44. The van der Waals surface area contributed by atoms with Crippen LogP contribution in [0.2, 0.25) is 0 Å². The van der Waals surface area contributed by atoms with Crippen molar-refractivity contribution in [2.24, 2.45) is 0 Å². The molecule has 3 heterocycles. The molecule has 0 amide bonds. The fourth-order valence-corrected chi connectivity index (χ4v) is 10.6. The maximum absolute atomic E-state index is 5.12. The zero-order valence-corrected chi connectivity index (χ0v) is 26.8. The van der Waals surface area contributed by atoms with Crippen molar-refractivity contribution < 1.29 is 0 Å². The number of imidazole rings is 1. The first-order valence-electron chi connectivity index (χ1n) is 15.9. The highest BCUT2D eigenvalue weighted by Gasteiger charge is 2.40. The van der Waals surface area contributed by atoms with Gasteiger partial charge in [0.05, 0.1) is 29.1 Å². The minimum Gasteiger partial charge on any atom is -0.368 e. The summed E-state index contributed by atoms with van der Waals surface area (Å²) in [5.74, 6) is 0. The van der Waals surface area contributed by atoms with Gasteiger partial charge in [-0.05, 0) is 82.6 Å². The average molecular weight is 611 g/mol. The Labute approximate surface area is 269 Å². The minimum atomic E-state index is -1.83. The molecule has 0 spiro atoms. The van der Waals surface area contributed by atoms with Crippen LogP contribution >= 0.6 is 7.26 Å². The molecule has 4 heteroatoms. The molecular weight excluding hydrogens is 577 g/mol. The van der Waals surface area contributed by atoms with Crippen LogP contribution in [0.4, 0.5) is 5.69 Å². The lowest BCUT2D eigenvalue weighted by Crippen LogP contribution is -2.30. The molecule has 0 radical (unpaired) electrons. The number of fused-ring (bicyclic) bond motifs is 9. The Morgan fingerprint density at radius 3 is 2.02 bits per heavy atom. The lowest BCUT2D eigenvalue weighted by molar-refractivity contribution is 1.02. The van der Waals surface area contributed by atoms with Gasteiger partial charge in [-0.2, -0.15) is 0 Å². The van der Waals surface area contributed by atoms with Gasteiger partial charge in [0, 0.05) is 24.4 Å².